The second-order valence-corrected chi connectivity index (χ2v) is 6.73. The molecule has 3 rings (SSSR count). The van der Waals surface area contributed by atoms with Crippen LogP contribution in [0.2, 0.25) is 0 Å². The maximum Gasteiger partial charge on any atom is 0.429 e. The van der Waals surface area contributed by atoms with Crippen LogP contribution in [0.5, 0.6) is 11.5 Å². The Bertz CT molecular complexity index is 1030. The summed E-state index contributed by atoms with van der Waals surface area (Å²) in [5, 5.41) is 0. The highest BCUT2D eigenvalue weighted by molar-refractivity contribution is 5.64. The number of alkyl halides is 3. The van der Waals surface area contributed by atoms with Gasteiger partial charge in [-0.15, -0.1) is 0 Å². The lowest BCUT2D eigenvalue weighted by Crippen LogP contribution is -2.23. The lowest BCUT2D eigenvalue weighted by Gasteiger charge is -2.20. The van der Waals surface area contributed by atoms with Gasteiger partial charge in [0.05, 0.1) is 5.56 Å². The van der Waals surface area contributed by atoms with E-state index in [2.05, 4.69) is 9.47 Å². The van der Waals surface area contributed by atoms with Gasteiger partial charge in [0.2, 0.25) is 6.86 Å². The fourth-order valence-electron chi connectivity index (χ4n) is 3.07. The molecule has 3 aromatic carbocycles. The minimum Gasteiger partial charge on any atom is -0.457 e. The summed E-state index contributed by atoms with van der Waals surface area (Å²) in [6.45, 7) is 0.530. The van der Waals surface area contributed by atoms with Crippen molar-refractivity contribution in [2.24, 2.45) is 0 Å². The van der Waals surface area contributed by atoms with Gasteiger partial charge in [-0.1, -0.05) is 43.7 Å². The van der Waals surface area contributed by atoms with E-state index >= 15 is 0 Å². The zero-order valence-electron chi connectivity index (χ0n) is 16.4. The largest absolute Gasteiger partial charge is 0.457 e. The predicted octanol–water partition coefficient (Wildman–Crippen LogP) is 7.16. The van der Waals surface area contributed by atoms with Crippen LogP contribution < -0.4 is 9.47 Å². The summed E-state index contributed by atoms with van der Waals surface area (Å²) >= 11 is 0. The van der Waals surface area contributed by atoms with Crippen molar-refractivity contribution in [2.75, 3.05) is 6.86 Å². The van der Waals surface area contributed by atoms with Crippen molar-refractivity contribution in [2.45, 2.75) is 25.9 Å². The van der Waals surface area contributed by atoms with Gasteiger partial charge >= 0.3 is 6.11 Å². The van der Waals surface area contributed by atoms with E-state index in [1.54, 1.807) is 12.1 Å². The molecule has 0 amide bonds. The molecule has 0 aliphatic heterocycles. The van der Waals surface area contributed by atoms with Crippen LogP contribution in [0.1, 0.15) is 24.5 Å². The maximum atomic E-state index is 14.5. The first-order chi connectivity index (χ1) is 14.7. The molecule has 0 aliphatic rings. The SMILES string of the molecule is CCCc1ccc(-c2ccc(C(F)(F)Oc3cc(F)c(OCF)c(F)c3)c(F)c2)cc1. The Morgan fingerprint density at radius 3 is 1.97 bits per heavy atom. The second-order valence-electron chi connectivity index (χ2n) is 6.73. The summed E-state index contributed by atoms with van der Waals surface area (Å²) in [6, 6.07) is 11.1. The highest BCUT2D eigenvalue weighted by atomic mass is 19.3. The number of hydrogen-bond donors (Lipinski definition) is 0. The van der Waals surface area contributed by atoms with E-state index in [1.807, 2.05) is 19.1 Å². The molecule has 2 nitrogen and oxygen atoms in total. The number of ether oxygens (including phenoxy) is 2. The van der Waals surface area contributed by atoms with Crippen molar-refractivity contribution >= 4 is 0 Å². The van der Waals surface area contributed by atoms with Crippen LogP contribution in [0, 0.1) is 17.5 Å². The van der Waals surface area contributed by atoms with Crippen LogP contribution in [0.3, 0.4) is 0 Å². The molecule has 0 unspecified atom stereocenters. The quantitative estimate of drug-likeness (QED) is 0.346. The first-order valence-electron chi connectivity index (χ1n) is 9.39. The van der Waals surface area contributed by atoms with Gasteiger partial charge in [0.15, 0.2) is 17.4 Å². The number of hydrogen-bond acceptors (Lipinski definition) is 2. The highest BCUT2D eigenvalue weighted by Gasteiger charge is 2.38. The molecule has 0 bridgehead atoms. The maximum absolute atomic E-state index is 14.5. The molecule has 0 aromatic heterocycles. The summed E-state index contributed by atoms with van der Waals surface area (Å²) in [5.41, 5.74) is 1.02. The first kappa shape index (κ1) is 22.5. The summed E-state index contributed by atoms with van der Waals surface area (Å²) in [7, 11) is 0. The molecule has 0 atom stereocenters. The third-order valence-electron chi connectivity index (χ3n) is 4.53. The number of aryl methyl sites for hydroxylation is 1. The Hall–Kier alpha value is -3.16. The first-order valence-corrected chi connectivity index (χ1v) is 9.39. The standard InChI is InChI=1S/C23H18F6O2/c1-2-3-14-4-6-15(7-5-14)16-8-9-18(19(25)10-16)23(28,29)31-17-11-20(26)22(30-13-24)21(27)12-17/h4-12H,2-3,13H2,1H3. The molecule has 0 saturated carbocycles. The van der Waals surface area contributed by atoms with Crippen LogP contribution in [0.25, 0.3) is 11.1 Å². The fraction of sp³-hybridized carbons (Fsp3) is 0.217. The van der Waals surface area contributed by atoms with Crippen LogP contribution in [0.4, 0.5) is 26.3 Å². The summed E-state index contributed by atoms with van der Waals surface area (Å²) < 4.78 is 91.5. The molecule has 31 heavy (non-hydrogen) atoms. The van der Waals surface area contributed by atoms with Crippen molar-refractivity contribution < 1.29 is 35.8 Å². The molecule has 0 heterocycles. The van der Waals surface area contributed by atoms with Crippen LogP contribution in [0.15, 0.2) is 54.6 Å². The molecule has 0 fully saturated rings. The number of rotatable bonds is 8. The molecule has 0 aliphatic carbocycles. The van der Waals surface area contributed by atoms with Gasteiger partial charge in [0.25, 0.3) is 0 Å². The monoisotopic (exact) mass is 440 g/mol. The zero-order chi connectivity index (χ0) is 22.6. The van der Waals surface area contributed by atoms with Gasteiger partial charge in [-0.05, 0) is 35.2 Å². The van der Waals surface area contributed by atoms with E-state index in [0.717, 1.165) is 30.5 Å². The molecular weight excluding hydrogens is 422 g/mol. The van der Waals surface area contributed by atoms with Crippen molar-refractivity contribution in [1.29, 1.82) is 0 Å². The van der Waals surface area contributed by atoms with Gasteiger partial charge in [0, 0.05) is 12.1 Å². The van der Waals surface area contributed by atoms with Crippen molar-refractivity contribution in [3.63, 3.8) is 0 Å². The highest BCUT2D eigenvalue weighted by Crippen LogP contribution is 2.37. The molecule has 0 N–H and O–H groups in total. The summed E-state index contributed by atoms with van der Waals surface area (Å²) in [6.07, 6.45) is -2.37. The smallest absolute Gasteiger partial charge is 0.429 e. The Morgan fingerprint density at radius 2 is 1.42 bits per heavy atom. The lowest BCUT2D eigenvalue weighted by molar-refractivity contribution is -0.187. The Kier molecular flexibility index (Phi) is 6.77. The minimum absolute atomic E-state index is 0.380. The van der Waals surface area contributed by atoms with E-state index < -0.39 is 47.5 Å². The molecule has 8 heteroatoms. The van der Waals surface area contributed by atoms with E-state index in [1.165, 1.54) is 6.07 Å². The summed E-state index contributed by atoms with van der Waals surface area (Å²) in [4.78, 5) is 0. The fourth-order valence-corrected chi connectivity index (χ4v) is 3.07. The third-order valence-corrected chi connectivity index (χ3v) is 4.53. The average molecular weight is 440 g/mol. The van der Waals surface area contributed by atoms with Gasteiger partial charge in [-0.2, -0.15) is 8.78 Å². The van der Waals surface area contributed by atoms with Crippen LogP contribution in [-0.2, 0) is 12.5 Å². The number of halogens is 6. The van der Waals surface area contributed by atoms with Crippen LogP contribution >= 0.6 is 0 Å². The molecule has 164 valence electrons. The zero-order valence-corrected chi connectivity index (χ0v) is 16.4. The van der Waals surface area contributed by atoms with Gasteiger partial charge in [-0.25, -0.2) is 17.6 Å². The Balaban J connectivity index is 1.84. The van der Waals surface area contributed by atoms with Gasteiger partial charge in [0.1, 0.15) is 11.6 Å². The van der Waals surface area contributed by atoms with E-state index in [9.17, 15) is 26.3 Å². The second kappa shape index (κ2) is 9.32. The van der Waals surface area contributed by atoms with Crippen LogP contribution in [-0.4, -0.2) is 6.86 Å². The Morgan fingerprint density at radius 1 is 0.806 bits per heavy atom. The topological polar surface area (TPSA) is 18.5 Å². The molecule has 0 radical (unpaired) electrons. The molecular formula is C23H18F6O2. The normalized spacial score (nSPS) is 11.5. The van der Waals surface area contributed by atoms with Gasteiger partial charge < -0.3 is 9.47 Å². The van der Waals surface area contributed by atoms with E-state index in [-0.39, 0.29) is 0 Å². The lowest BCUT2D eigenvalue weighted by atomic mass is 10.0. The third kappa shape index (κ3) is 5.13. The number of benzene rings is 3. The minimum atomic E-state index is -4.23. The summed E-state index contributed by atoms with van der Waals surface area (Å²) in [5.74, 6) is -6.12. The van der Waals surface area contributed by atoms with Crippen molar-refractivity contribution in [1.82, 2.24) is 0 Å². The van der Waals surface area contributed by atoms with E-state index in [0.29, 0.717) is 23.3 Å². The Labute approximate surface area is 175 Å². The molecule has 3 aromatic rings. The molecule has 0 spiro atoms. The van der Waals surface area contributed by atoms with E-state index in [4.69, 9.17) is 0 Å². The van der Waals surface area contributed by atoms with Gasteiger partial charge in [-0.3, -0.25) is 0 Å². The van der Waals surface area contributed by atoms with Crippen molar-refractivity contribution in [3.05, 3.63) is 83.2 Å². The predicted molar refractivity (Wildman–Crippen MR) is 103 cm³/mol. The molecule has 0 saturated heterocycles. The average Bonchev–Trinajstić information content (AvgIpc) is 2.71. The van der Waals surface area contributed by atoms with Crippen molar-refractivity contribution in [3.8, 4) is 22.6 Å².